The van der Waals surface area contributed by atoms with E-state index in [1.165, 1.54) is 173 Å². The van der Waals surface area contributed by atoms with Gasteiger partial charge in [-0.3, -0.25) is 4.79 Å². The van der Waals surface area contributed by atoms with E-state index in [9.17, 15) is 30.3 Å². The molecule has 0 aromatic carbocycles. The number of hydrogen-bond donors (Lipinski definition) is 6. The van der Waals surface area contributed by atoms with Gasteiger partial charge in [-0.2, -0.15) is 0 Å². The van der Waals surface area contributed by atoms with Crippen molar-refractivity contribution in [1.29, 1.82) is 0 Å². The second kappa shape index (κ2) is 53.8. The molecule has 0 bridgehead atoms. The highest BCUT2D eigenvalue weighted by Gasteiger charge is 2.44. The molecule has 7 unspecified atom stereocenters. The number of aliphatic hydroxyl groups excluding tert-OH is 5. The molecule has 0 aliphatic carbocycles. The van der Waals surface area contributed by atoms with Gasteiger partial charge in [0.2, 0.25) is 5.91 Å². The number of unbranched alkanes of at least 4 members (excludes halogenated alkanes) is 30. The first kappa shape index (κ1) is 69.4. The van der Waals surface area contributed by atoms with Crippen LogP contribution in [0.25, 0.3) is 0 Å². The SMILES string of the molecule is CC/C=C\C/C=C\C/C=C\C/C=C\CCCCCCCCCCCCCCCCCCCCCCC(=O)NC(COC1OC(CO)C(O)C(O)C1O)C(O)/C=C/CC/C=C/CC/C=C/CCCCCCCCCC. The van der Waals surface area contributed by atoms with Crippen LogP contribution in [0.4, 0.5) is 0 Å². The van der Waals surface area contributed by atoms with Crippen LogP contribution in [0.5, 0.6) is 0 Å². The third kappa shape index (κ3) is 42.5. The largest absolute Gasteiger partial charge is 0.394 e. The van der Waals surface area contributed by atoms with Crippen molar-refractivity contribution < 1.29 is 39.8 Å². The van der Waals surface area contributed by atoms with E-state index in [4.69, 9.17) is 9.47 Å². The standard InChI is InChI=1S/C65H115NO8/c1-3-5-7-9-11-13-15-17-19-21-23-24-25-26-27-28-29-30-31-32-33-34-35-36-37-39-41-43-45-47-49-51-53-55-61(69)66-58(57-73-65-64(72)63(71)62(70)60(56-67)74-65)59(68)54-52-50-48-46-44-42-40-38-22-20-18-16-14-12-10-8-6-4-2/h5,7,11,13,17,19,22-24,38,44,46,52,54,58-60,62-65,67-68,70-72H,3-4,6,8-10,12,14-16,18,20-21,25-37,39-43,45,47-51,53,55-57H2,1-2H3,(H,66,69)/b7-5-,13-11-,19-17-,24-23-,38-22+,46-44+,54-52+. The van der Waals surface area contributed by atoms with Crippen LogP contribution in [0.1, 0.15) is 264 Å². The molecule has 1 aliphatic heterocycles. The van der Waals surface area contributed by atoms with Crippen molar-refractivity contribution in [3.05, 3.63) is 85.1 Å². The molecule has 7 atom stereocenters. The Labute approximate surface area is 454 Å². The molecular weight excluding hydrogens is 923 g/mol. The van der Waals surface area contributed by atoms with Crippen LogP contribution >= 0.6 is 0 Å². The molecular formula is C65H115NO8. The molecule has 0 spiro atoms. The van der Waals surface area contributed by atoms with Crippen LogP contribution in [0.3, 0.4) is 0 Å². The molecule has 9 nitrogen and oxygen atoms in total. The first-order valence-corrected chi connectivity index (χ1v) is 30.8. The van der Waals surface area contributed by atoms with Gasteiger partial charge < -0.3 is 40.3 Å². The summed E-state index contributed by atoms with van der Waals surface area (Å²) in [4.78, 5) is 13.1. The molecule has 74 heavy (non-hydrogen) atoms. The monoisotopic (exact) mass is 1040 g/mol. The molecule has 1 rings (SSSR count). The molecule has 6 N–H and O–H groups in total. The Bertz CT molecular complexity index is 1440. The summed E-state index contributed by atoms with van der Waals surface area (Å²) in [6.07, 6.45) is 69.5. The molecule has 0 aromatic heterocycles. The van der Waals surface area contributed by atoms with Gasteiger partial charge in [0, 0.05) is 6.42 Å². The van der Waals surface area contributed by atoms with Crippen LogP contribution in [0.15, 0.2) is 85.1 Å². The number of allylic oxidation sites excluding steroid dienone is 13. The van der Waals surface area contributed by atoms with Crippen molar-refractivity contribution >= 4 is 5.91 Å². The van der Waals surface area contributed by atoms with Crippen molar-refractivity contribution in [2.24, 2.45) is 0 Å². The minimum Gasteiger partial charge on any atom is -0.394 e. The molecule has 1 saturated heterocycles. The average molecular weight is 1040 g/mol. The molecule has 1 aliphatic rings. The smallest absolute Gasteiger partial charge is 0.220 e. The molecule has 9 heteroatoms. The fourth-order valence-electron chi connectivity index (χ4n) is 9.36. The predicted octanol–water partition coefficient (Wildman–Crippen LogP) is 15.8. The summed E-state index contributed by atoms with van der Waals surface area (Å²) >= 11 is 0. The molecule has 1 amide bonds. The molecule has 1 fully saturated rings. The van der Waals surface area contributed by atoms with E-state index in [2.05, 4.69) is 92.1 Å². The molecule has 0 radical (unpaired) electrons. The quantitative estimate of drug-likeness (QED) is 0.0261. The zero-order valence-electron chi connectivity index (χ0n) is 47.6. The van der Waals surface area contributed by atoms with E-state index in [0.29, 0.717) is 6.42 Å². The Morgan fingerprint density at radius 2 is 0.851 bits per heavy atom. The van der Waals surface area contributed by atoms with E-state index in [1.807, 2.05) is 6.08 Å². The van der Waals surface area contributed by atoms with Gasteiger partial charge >= 0.3 is 0 Å². The fraction of sp³-hybridized carbons (Fsp3) is 0.769. The number of ether oxygens (including phenoxy) is 2. The lowest BCUT2D eigenvalue weighted by Gasteiger charge is -2.40. The van der Waals surface area contributed by atoms with Gasteiger partial charge in [0.15, 0.2) is 6.29 Å². The molecule has 0 saturated carbocycles. The number of aliphatic hydroxyl groups is 5. The maximum Gasteiger partial charge on any atom is 0.220 e. The van der Waals surface area contributed by atoms with Gasteiger partial charge in [-0.25, -0.2) is 0 Å². The van der Waals surface area contributed by atoms with Crippen molar-refractivity contribution in [2.75, 3.05) is 13.2 Å². The Kier molecular flexibility index (Phi) is 50.4. The number of amides is 1. The second-order valence-corrected chi connectivity index (χ2v) is 21.1. The number of nitrogens with one attached hydrogen (secondary N) is 1. The maximum absolute atomic E-state index is 13.1. The zero-order valence-corrected chi connectivity index (χ0v) is 47.6. The summed E-state index contributed by atoms with van der Waals surface area (Å²) in [6, 6.07) is -0.831. The lowest BCUT2D eigenvalue weighted by Crippen LogP contribution is -2.60. The number of carbonyl (C=O) groups is 1. The summed E-state index contributed by atoms with van der Waals surface area (Å²) in [6.45, 7) is 3.65. The van der Waals surface area contributed by atoms with E-state index >= 15 is 0 Å². The normalized spacial score (nSPS) is 19.6. The predicted molar refractivity (Wildman–Crippen MR) is 313 cm³/mol. The van der Waals surface area contributed by atoms with Gasteiger partial charge in [-0.05, 0) is 83.5 Å². The van der Waals surface area contributed by atoms with Crippen molar-refractivity contribution in [1.82, 2.24) is 5.32 Å². The molecule has 0 aromatic rings. The topological polar surface area (TPSA) is 149 Å². The summed E-state index contributed by atoms with van der Waals surface area (Å²) < 4.78 is 11.3. The van der Waals surface area contributed by atoms with Gasteiger partial charge in [-0.15, -0.1) is 0 Å². The minimum absolute atomic E-state index is 0.190. The highest BCUT2D eigenvalue weighted by Crippen LogP contribution is 2.23. The fourth-order valence-corrected chi connectivity index (χ4v) is 9.36. The number of rotatable bonds is 52. The Balaban J connectivity index is 2.16. The van der Waals surface area contributed by atoms with E-state index in [-0.39, 0.29) is 12.5 Å². The van der Waals surface area contributed by atoms with Crippen molar-refractivity contribution in [3.63, 3.8) is 0 Å². The summed E-state index contributed by atoms with van der Waals surface area (Å²) in [5.41, 5.74) is 0. The minimum atomic E-state index is -1.58. The van der Waals surface area contributed by atoms with Crippen molar-refractivity contribution in [2.45, 2.75) is 307 Å². The third-order valence-corrected chi connectivity index (χ3v) is 14.2. The van der Waals surface area contributed by atoms with Gasteiger partial charge in [0.1, 0.15) is 24.4 Å². The van der Waals surface area contributed by atoms with Crippen LogP contribution < -0.4 is 5.32 Å². The zero-order chi connectivity index (χ0) is 53.6. The van der Waals surface area contributed by atoms with Gasteiger partial charge in [-0.1, -0.05) is 259 Å². The van der Waals surface area contributed by atoms with Crippen LogP contribution in [-0.2, 0) is 14.3 Å². The van der Waals surface area contributed by atoms with E-state index in [0.717, 1.165) is 70.6 Å². The summed E-state index contributed by atoms with van der Waals surface area (Å²) in [5, 5.41) is 54.5. The summed E-state index contributed by atoms with van der Waals surface area (Å²) in [7, 11) is 0. The molecule has 1 heterocycles. The van der Waals surface area contributed by atoms with Crippen LogP contribution in [0, 0.1) is 0 Å². The van der Waals surface area contributed by atoms with Gasteiger partial charge in [0.25, 0.3) is 0 Å². The Morgan fingerprint density at radius 1 is 0.473 bits per heavy atom. The second-order valence-electron chi connectivity index (χ2n) is 21.1. The number of carbonyl (C=O) groups excluding carboxylic acids is 1. The van der Waals surface area contributed by atoms with Gasteiger partial charge in [0.05, 0.1) is 25.4 Å². The van der Waals surface area contributed by atoms with Crippen LogP contribution in [0.2, 0.25) is 0 Å². The number of hydrogen-bond acceptors (Lipinski definition) is 8. The molecule has 428 valence electrons. The highest BCUT2D eigenvalue weighted by molar-refractivity contribution is 5.76. The Hall–Kier alpha value is -2.63. The van der Waals surface area contributed by atoms with E-state index < -0.39 is 49.5 Å². The lowest BCUT2D eigenvalue weighted by molar-refractivity contribution is -0.302. The highest BCUT2D eigenvalue weighted by atomic mass is 16.7. The first-order chi connectivity index (χ1) is 36.3. The van der Waals surface area contributed by atoms with Crippen molar-refractivity contribution in [3.8, 4) is 0 Å². The van der Waals surface area contributed by atoms with Crippen LogP contribution in [-0.4, -0.2) is 87.5 Å². The average Bonchev–Trinajstić information content (AvgIpc) is 3.40. The van der Waals surface area contributed by atoms with E-state index in [1.54, 1.807) is 6.08 Å². The lowest BCUT2D eigenvalue weighted by atomic mass is 9.99. The third-order valence-electron chi connectivity index (χ3n) is 14.2. The maximum atomic E-state index is 13.1. The first-order valence-electron chi connectivity index (χ1n) is 30.8. The summed E-state index contributed by atoms with van der Waals surface area (Å²) in [5.74, 6) is -0.190. The Morgan fingerprint density at radius 3 is 1.30 bits per heavy atom.